The molecular formula is C7H6N2S. The number of aromatic nitrogens is 1. The first-order chi connectivity index (χ1) is 4.74. The van der Waals surface area contributed by atoms with Crippen molar-refractivity contribution in [2.75, 3.05) is 0 Å². The summed E-state index contributed by atoms with van der Waals surface area (Å²) in [6, 6.07) is 5.44. The zero-order valence-electron chi connectivity index (χ0n) is 5.50. The van der Waals surface area contributed by atoms with Gasteiger partial charge < -0.3 is 0 Å². The molecule has 3 heteroatoms. The predicted molar refractivity (Wildman–Crippen MR) is 40.9 cm³/mol. The van der Waals surface area contributed by atoms with E-state index in [1.165, 1.54) is 0 Å². The third kappa shape index (κ3) is 1.28. The highest BCUT2D eigenvalue weighted by Crippen LogP contribution is 2.07. The summed E-state index contributed by atoms with van der Waals surface area (Å²) in [5.74, 6) is 0. The van der Waals surface area contributed by atoms with Crippen LogP contribution in [0.3, 0.4) is 0 Å². The third-order valence-corrected chi connectivity index (χ3v) is 1.44. The first-order valence-corrected chi connectivity index (χ1v) is 3.25. The van der Waals surface area contributed by atoms with Crippen LogP contribution in [0.15, 0.2) is 17.2 Å². The Hall–Kier alpha value is -1.01. The van der Waals surface area contributed by atoms with Crippen LogP contribution in [0, 0.1) is 18.3 Å². The van der Waals surface area contributed by atoms with Crippen LogP contribution >= 0.6 is 12.6 Å². The zero-order chi connectivity index (χ0) is 7.56. The zero-order valence-corrected chi connectivity index (χ0v) is 6.39. The molecule has 2 nitrogen and oxygen atoms in total. The highest BCUT2D eigenvalue weighted by molar-refractivity contribution is 7.80. The molecule has 0 bridgehead atoms. The molecule has 0 aliphatic carbocycles. The first kappa shape index (κ1) is 7.10. The van der Waals surface area contributed by atoms with E-state index in [-0.39, 0.29) is 0 Å². The Morgan fingerprint density at radius 2 is 2.30 bits per heavy atom. The molecule has 0 radical (unpaired) electrons. The van der Waals surface area contributed by atoms with E-state index in [0.717, 1.165) is 5.69 Å². The predicted octanol–water partition coefficient (Wildman–Crippen LogP) is 1.55. The second-order valence-electron chi connectivity index (χ2n) is 1.91. The van der Waals surface area contributed by atoms with Crippen LogP contribution in [-0.2, 0) is 0 Å². The summed E-state index contributed by atoms with van der Waals surface area (Å²) in [5, 5.41) is 9.14. The molecule has 0 spiro atoms. The van der Waals surface area contributed by atoms with Crippen molar-refractivity contribution < 1.29 is 0 Å². The van der Waals surface area contributed by atoms with Crippen molar-refractivity contribution in [3.05, 3.63) is 23.4 Å². The van der Waals surface area contributed by atoms with Crippen molar-refractivity contribution in [1.29, 1.82) is 5.26 Å². The summed E-state index contributed by atoms with van der Waals surface area (Å²) in [6.45, 7) is 1.79. The standard InChI is InChI=1S/C7H6N2S/c1-5-6(4-8)2-3-7(10)9-5/h2-3H,1H3,(H,9,10). The average Bonchev–Trinajstić information content (AvgIpc) is 1.88. The molecule has 0 atom stereocenters. The normalized spacial score (nSPS) is 8.90. The number of aryl methyl sites for hydroxylation is 1. The van der Waals surface area contributed by atoms with Gasteiger partial charge in [-0.05, 0) is 19.1 Å². The van der Waals surface area contributed by atoms with E-state index in [9.17, 15) is 0 Å². The Morgan fingerprint density at radius 1 is 1.60 bits per heavy atom. The summed E-state index contributed by atoms with van der Waals surface area (Å²) < 4.78 is 0. The van der Waals surface area contributed by atoms with Gasteiger partial charge in [0.2, 0.25) is 0 Å². The topological polar surface area (TPSA) is 36.7 Å². The highest BCUT2D eigenvalue weighted by atomic mass is 32.1. The summed E-state index contributed by atoms with van der Waals surface area (Å²) >= 11 is 4.02. The minimum Gasteiger partial charge on any atom is -0.246 e. The summed E-state index contributed by atoms with van der Waals surface area (Å²) in [7, 11) is 0. The fourth-order valence-electron chi connectivity index (χ4n) is 0.666. The maximum atomic E-state index is 8.49. The van der Waals surface area contributed by atoms with Gasteiger partial charge in [-0.3, -0.25) is 0 Å². The molecule has 0 saturated carbocycles. The quantitative estimate of drug-likeness (QED) is 0.570. The molecular weight excluding hydrogens is 144 g/mol. The Labute approximate surface area is 64.9 Å². The van der Waals surface area contributed by atoms with Gasteiger partial charge in [0.15, 0.2) is 0 Å². The molecule has 0 N–H and O–H groups in total. The molecule has 0 saturated heterocycles. The molecule has 0 aliphatic rings. The van der Waals surface area contributed by atoms with Gasteiger partial charge in [0, 0.05) is 0 Å². The van der Waals surface area contributed by atoms with E-state index >= 15 is 0 Å². The smallest absolute Gasteiger partial charge is 0.101 e. The van der Waals surface area contributed by atoms with Crippen LogP contribution in [-0.4, -0.2) is 4.98 Å². The third-order valence-electron chi connectivity index (χ3n) is 1.19. The van der Waals surface area contributed by atoms with Crippen LogP contribution in [0.1, 0.15) is 11.3 Å². The molecule has 50 valence electrons. The number of hydrogen-bond acceptors (Lipinski definition) is 3. The maximum Gasteiger partial charge on any atom is 0.101 e. The lowest BCUT2D eigenvalue weighted by Gasteiger charge is -1.94. The van der Waals surface area contributed by atoms with Gasteiger partial charge in [0.05, 0.1) is 16.3 Å². The van der Waals surface area contributed by atoms with Crippen LogP contribution in [0.2, 0.25) is 0 Å². The Balaban J connectivity index is 3.23. The van der Waals surface area contributed by atoms with Crippen molar-refractivity contribution in [3.8, 4) is 6.07 Å². The van der Waals surface area contributed by atoms with E-state index in [1.54, 1.807) is 19.1 Å². The monoisotopic (exact) mass is 150 g/mol. The number of thiol groups is 1. The van der Waals surface area contributed by atoms with Gasteiger partial charge in [0.25, 0.3) is 0 Å². The minimum absolute atomic E-state index is 0.609. The van der Waals surface area contributed by atoms with Crippen molar-refractivity contribution in [2.24, 2.45) is 0 Å². The van der Waals surface area contributed by atoms with E-state index in [0.29, 0.717) is 10.6 Å². The second kappa shape index (κ2) is 2.72. The van der Waals surface area contributed by atoms with E-state index in [4.69, 9.17) is 5.26 Å². The largest absolute Gasteiger partial charge is 0.246 e. The SMILES string of the molecule is Cc1nc(S)ccc1C#N. The number of nitriles is 1. The van der Waals surface area contributed by atoms with Crippen LogP contribution in [0.4, 0.5) is 0 Å². The second-order valence-corrected chi connectivity index (χ2v) is 2.37. The number of hydrogen-bond donors (Lipinski definition) is 1. The van der Waals surface area contributed by atoms with Crippen LogP contribution in [0.5, 0.6) is 0 Å². The van der Waals surface area contributed by atoms with Gasteiger partial charge >= 0.3 is 0 Å². The lowest BCUT2D eigenvalue weighted by molar-refractivity contribution is 1.06. The molecule has 1 rings (SSSR count). The van der Waals surface area contributed by atoms with Crippen molar-refractivity contribution in [3.63, 3.8) is 0 Å². The molecule has 0 unspecified atom stereocenters. The molecule has 1 heterocycles. The molecule has 1 aromatic rings. The Kier molecular flexibility index (Phi) is 1.93. The fraction of sp³-hybridized carbons (Fsp3) is 0.143. The lowest BCUT2D eigenvalue weighted by Crippen LogP contribution is -1.86. The lowest BCUT2D eigenvalue weighted by atomic mass is 10.2. The molecule has 0 amide bonds. The Bertz CT molecular complexity index is 288. The maximum absolute atomic E-state index is 8.49. The highest BCUT2D eigenvalue weighted by Gasteiger charge is 1.96. The number of rotatable bonds is 0. The van der Waals surface area contributed by atoms with Crippen molar-refractivity contribution >= 4 is 12.6 Å². The van der Waals surface area contributed by atoms with Gasteiger partial charge in [0.1, 0.15) is 6.07 Å². The molecule has 0 aromatic carbocycles. The Morgan fingerprint density at radius 3 is 2.80 bits per heavy atom. The van der Waals surface area contributed by atoms with Crippen LogP contribution in [0.25, 0.3) is 0 Å². The van der Waals surface area contributed by atoms with Gasteiger partial charge in [-0.15, -0.1) is 12.6 Å². The van der Waals surface area contributed by atoms with Gasteiger partial charge in [-0.2, -0.15) is 5.26 Å². The van der Waals surface area contributed by atoms with Crippen LogP contribution < -0.4 is 0 Å². The molecule has 0 aliphatic heterocycles. The van der Waals surface area contributed by atoms with Gasteiger partial charge in [-0.25, -0.2) is 4.98 Å². The summed E-state index contributed by atoms with van der Waals surface area (Å²) in [5.41, 5.74) is 1.34. The molecule has 10 heavy (non-hydrogen) atoms. The minimum atomic E-state index is 0.609. The van der Waals surface area contributed by atoms with Gasteiger partial charge in [-0.1, -0.05) is 0 Å². The molecule has 1 aromatic heterocycles. The summed E-state index contributed by atoms with van der Waals surface area (Å²) in [6.07, 6.45) is 0. The number of nitrogens with zero attached hydrogens (tertiary/aromatic N) is 2. The first-order valence-electron chi connectivity index (χ1n) is 2.81. The van der Waals surface area contributed by atoms with E-state index in [1.807, 2.05) is 6.07 Å². The van der Waals surface area contributed by atoms with Crippen molar-refractivity contribution in [1.82, 2.24) is 4.98 Å². The summed E-state index contributed by atoms with van der Waals surface area (Å²) in [4.78, 5) is 3.99. The van der Waals surface area contributed by atoms with E-state index in [2.05, 4.69) is 17.6 Å². The van der Waals surface area contributed by atoms with Crippen molar-refractivity contribution in [2.45, 2.75) is 11.9 Å². The number of pyridine rings is 1. The average molecular weight is 150 g/mol. The fourth-order valence-corrected chi connectivity index (χ4v) is 0.890. The van der Waals surface area contributed by atoms with E-state index < -0.39 is 0 Å². The molecule has 0 fully saturated rings.